The zero-order valence-corrected chi connectivity index (χ0v) is 17.8. The predicted octanol–water partition coefficient (Wildman–Crippen LogP) is 3.87. The number of rotatable bonds is 5. The summed E-state index contributed by atoms with van der Waals surface area (Å²) in [7, 11) is 0. The minimum atomic E-state index is -0.291. The summed E-state index contributed by atoms with van der Waals surface area (Å²) in [6.45, 7) is 6.67. The van der Waals surface area contributed by atoms with Gasteiger partial charge in [-0.2, -0.15) is 4.98 Å². The molecular formula is C24H26FN5O. The van der Waals surface area contributed by atoms with Crippen LogP contribution < -0.4 is 10.2 Å². The topological polar surface area (TPSA) is 61.4 Å². The molecule has 1 fully saturated rings. The number of benzene rings is 2. The van der Waals surface area contributed by atoms with Crippen molar-refractivity contribution in [2.45, 2.75) is 20.3 Å². The number of halogens is 1. The standard InChI is InChI=1S/C24H26FN5O/c1-17-3-9-21(10-4-17)27-24-26-18(2)15-22(28-24)29-11-13-30(14-12-29)23(31)16-19-5-7-20(25)8-6-19/h3-10,15H,11-14,16H2,1-2H3,(H,26,27,28). The number of amides is 1. The zero-order valence-electron chi connectivity index (χ0n) is 17.8. The Morgan fingerprint density at radius 1 is 0.968 bits per heavy atom. The normalized spacial score (nSPS) is 13.9. The van der Waals surface area contributed by atoms with E-state index >= 15 is 0 Å². The van der Waals surface area contributed by atoms with Gasteiger partial charge in [0.05, 0.1) is 6.42 Å². The lowest BCUT2D eigenvalue weighted by molar-refractivity contribution is -0.130. The van der Waals surface area contributed by atoms with Gasteiger partial charge < -0.3 is 15.1 Å². The highest BCUT2D eigenvalue weighted by Gasteiger charge is 2.22. The number of carbonyl (C=O) groups is 1. The van der Waals surface area contributed by atoms with Crippen LogP contribution in [0, 0.1) is 19.7 Å². The zero-order chi connectivity index (χ0) is 21.8. The van der Waals surface area contributed by atoms with E-state index in [-0.39, 0.29) is 18.1 Å². The summed E-state index contributed by atoms with van der Waals surface area (Å²) < 4.78 is 13.1. The number of hydrogen-bond acceptors (Lipinski definition) is 5. The average molecular weight is 420 g/mol. The van der Waals surface area contributed by atoms with E-state index in [0.29, 0.717) is 32.1 Å². The highest BCUT2D eigenvalue weighted by Crippen LogP contribution is 2.20. The van der Waals surface area contributed by atoms with Gasteiger partial charge in [0, 0.05) is 43.6 Å². The lowest BCUT2D eigenvalue weighted by Crippen LogP contribution is -2.49. The molecule has 1 amide bonds. The second-order valence-corrected chi connectivity index (χ2v) is 7.85. The summed E-state index contributed by atoms with van der Waals surface area (Å²) in [6, 6.07) is 16.2. The van der Waals surface area contributed by atoms with Gasteiger partial charge in [-0.1, -0.05) is 29.8 Å². The van der Waals surface area contributed by atoms with Crippen LogP contribution in [0.5, 0.6) is 0 Å². The van der Waals surface area contributed by atoms with Gasteiger partial charge in [0.25, 0.3) is 0 Å². The quantitative estimate of drug-likeness (QED) is 0.680. The Kier molecular flexibility index (Phi) is 6.11. The van der Waals surface area contributed by atoms with Gasteiger partial charge in [0.2, 0.25) is 11.9 Å². The summed E-state index contributed by atoms with van der Waals surface area (Å²) >= 11 is 0. The van der Waals surface area contributed by atoms with Gasteiger partial charge in [0.1, 0.15) is 11.6 Å². The lowest BCUT2D eigenvalue weighted by Gasteiger charge is -2.35. The first kappa shape index (κ1) is 20.8. The molecular weight excluding hydrogens is 393 g/mol. The van der Waals surface area contributed by atoms with Crippen LogP contribution in [-0.4, -0.2) is 47.0 Å². The van der Waals surface area contributed by atoms with E-state index in [0.717, 1.165) is 22.8 Å². The van der Waals surface area contributed by atoms with E-state index in [9.17, 15) is 9.18 Å². The van der Waals surface area contributed by atoms with Crippen molar-refractivity contribution in [3.05, 3.63) is 77.2 Å². The number of aromatic nitrogens is 2. The summed E-state index contributed by atoms with van der Waals surface area (Å²) in [6.07, 6.45) is 0.289. The lowest BCUT2D eigenvalue weighted by atomic mass is 10.1. The van der Waals surface area contributed by atoms with Crippen molar-refractivity contribution in [3.8, 4) is 0 Å². The monoisotopic (exact) mass is 419 g/mol. The predicted molar refractivity (Wildman–Crippen MR) is 120 cm³/mol. The SMILES string of the molecule is Cc1ccc(Nc2nc(C)cc(N3CCN(C(=O)Cc4ccc(F)cc4)CC3)n2)cc1. The molecule has 31 heavy (non-hydrogen) atoms. The van der Waals surface area contributed by atoms with Crippen LogP contribution in [0.1, 0.15) is 16.8 Å². The number of piperazine rings is 1. The Morgan fingerprint density at radius 2 is 1.65 bits per heavy atom. The Labute approximate surface area is 181 Å². The molecule has 3 aromatic rings. The molecule has 1 aliphatic heterocycles. The highest BCUT2D eigenvalue weighted by molar-refractivity contribution is 5.79. The largest absolute Gasteiger partial charge is 0.353 e. The molecule has 6 nitrogen and oxygen atoms in total. The molecule has 0 unspecified atom stereocenters. The first-order chi connectivity index (χ1) is 15.0. The van der Waals surface area contributed by atoms with Gasteiger partial charge in [-0.25, -0.2) is 9.37 Å². The summed E-state index contributed by atoms with van der Waals surface area (Å²) in [5.74, 6) is 1.19. The second kappa shape index (κ2) is 9.12. The summed E-state index contributed by atoms with van der Waals surface area (Å²) in [5, 5.41) is 3.27. The smallest absolute Gasteiger partial charge is 0.229 e. The second-order valence-electron chi connectivity index (χ2n) is 7.85. The number of nitrogens with one attached hydrogen (secondary N) is 1. The first-order valence-corrected chi connectivity index (χ1v) is 10.4. The van der Waals surface area contributed by atoms with E-state index in [1.807, 2.05) is 42.2 Å². The van der Waals surface area contributed by atoms with Crippen LogP contribution in [-0.2, 0) is 11.2 Å². The third-order valence-corrected chi connectivity index (χ3v) is 5.37. The molecule has 1 aromatic heterocycles. The fraction of sp³-hybridized carbons (Fsp3) is 0.292. The maximum Gasteiger partial charge on any atom is 0.229 e. The van der Waals surface area contributed by atoms with E-state index in [4.69, 9.17) is 0 Å². The molecule has 0 spiro atoms. The fourth-order valence-electron chi connectivity index (χ4n) is 3.61. The third-order valence-electron chi connectivity index (χ3n) is 5.37. The van der Waals surface area contributed by atoms with Crippen molar-refractivity contribution >= 4 is 23.4 Å². The van der Waals surface area contributed by atoms with Crippen LogP contribution >= 0.6 is 0 Å². The Morgan fingerprint density at radius 3 is 2.32 bits per heavy atom. The van der Waals surface area contributed by atoms with Gasteiger partial charge in [0.15, 0.2) is 0 Å². The molecule has 2 heterocycles. The number of anilines is 3. The van der Waals surface area contributed by atoms with E-state index in [1.54, 1.807) is 12.1 Å². The first-order valence-electron chi connectivity index (χ1n) is 10.4. The Hall–Kier alpha value is -3.48. The van der Waals surface area contributed by atoms with Crippen LogP contribution in [0.25, 0.3) is 0 Å². The van der Waals surface area contributed by atoms with Crippen LogP contribution in [0.4, 0.5) is 21.8 Å². The molecule has 160 valence electrons. The molecule has 0 atom stereocenters. The fourth-order valence-corrected chi connectivity index (χ4v) is 3.61. The van der Waals surface area contributed by atoms with E-state index < -0.39 is 0 Å². The van der Waals surface area contributed by atoms with Crippen LogP contribution in [0.2, 0.25) is 0 Å². The number of hydrogen-bond donors (Lipinski definition) is 1. The molecule has 0 saturated carbocycles. The number of aryl methyl sites for hydroxylation is 2. The van der Waals surface area contributed by atoms with Crippen LogP contribution in [0.3, 0.4) is 0 Å². The van der Waals surface area contributed by atoms with Crippen molar-refractivity contribution < 1.29 is 9.18 Å². The maximum atomic E-state index is 13.1. The molecule has 0 radical (unpaired) electrons. The van der Waals surface area contributed by atoms with Crippen molar-refractivity contribution in [3.63, 3.8) is 0 Å². The van der Waals surface area contributed by atoms with Gasteiger partial charge in [-0.15, -0.1) is 0 Å². The molecule has 1 N–H and O–H groups in total. The van der Waals surface area contributed by atoms with Crippen molar-refractivity contribution in [2.75, 3.05) is 36.4 Å². The average Bonchev–Trinajstić information content (AvgIpc) is 2.77. The molecule has 0 aliphatic carbocycles. The van der Waals surface area contributed by atoms with Gasteiger partial charge in [-0.05, 0) is 43.7 Å². The molecule has 0 bridgehead atoms. The highest BCUT2D eigenvalue weighted by atomic mass is 19.1. The van der Waals surface area contributed by atoms with Crippen molar-refractivity contribution in [1.29, 1.82) is 0 Å². The van der Waals surface area contributed by atoms with Crippen LogP contribution in [0.15, 0.2) is 54.6 Å². The molecule has 1 saturated heterocycles. The number of carbonyl (C=O) groups excluding carboxylic acids is 1. The van der Waals surface area contributed by atoms with E-state index in [1.165, 1.54) is 17.7 Å². The minimum absolute atomic E-state index is 0.0619. The third kappa shape index (κ3) is 5.36. The minimum Gasteiger partial charge on any atom is -0.353 e. The number of nitrogens with zero attached hydrogens (tertiary/aromatic N) is 4. The molecule has 1 aliphatic rings. The van der Waals surface area contributed by atoms with E-state index in [2.05, 4.69) is 27.1 Å². The molecule has 7 heteroatoms. The summed E-state index contributed by atoms with van der Waals surface area (Å²) in [4.78, 5) is 25.8. The summed E-state index contributed by atoms with van der Waals surface area (Å²) in [5.41, 5.74) is 3.85. The molecule has 2 aromatic carbocycles. The Bertz CT molecular complexity index is 1040. The van der Waals surface area contributed by atoms with Gasteiger partial charge >= 0.3 is 0 Å². The maximum absolute atomic E-state index is 13.1. The van der Waals surface area contributed by atoms with Crippen molar-refractivity contribution in [2.24, 2.45) is 0 Å². The Balaban J connectivity index is 1.37. The van der Waals surface area contributed by atoms with Crippen molar-refractivity contribution in [1.82, 2.24) is 14.9 Å². The molecule has 4 rings (SSSR count). The van der Waals surface area contributed by atoms with Gasteiger partial charge in [-0.3, -0.25) is 4.79 Å².